The van der Waals surface area contributed by atoms with Crippen LogP contribution in [0.15, 0.2) is 49.2 Å². The number of benzene rings is 1. The fourth-order valence-electron chi connectivity index (χ4n) is 1.79. The molecule has 2 heterocycles. The van der Waals surface area contributed by atoms with Gasteiger partial charge in [0.25, 0.3) is 0 Å². The van der Waals surface area contributed by atoms with Crippen molar-refractivity contribution in [2.45, 2.75) is 0 Å². The third kappa shape index (κ3) is 1.24. The van der Waals surface area contributed by atoms with Crippen molar-refractivity contribution in [2.75, 3.05) is 5.73 Å². The number of rotatable bonds is 1. The lowest BCUT2D eigenvalue weighted by Crippen LogP contribution is -1.96. The fourth-order valence-corrected chi connectivity index (χ4v) is 1.79. The molecular weight excluding hydrogens is 200 g/mol. The molecule has 78 valence electrons. The maximum atomic E-state index is 5.91. The molecular formula is C12H10N4. The summed E-state index contributed by atoms with van der Waals surface area (Å²) in [5.74, 6) is 0. The lowest BCUT2D eigenvalue weighted by molar-refractivity contribution is 1.06. The fraction of sp³-hybridized carbons (Fsp3) is 0. The minimum atomic E-state index is 0.743. The summed E-state index contributed by atoms with van der Waals surface area (Å²) < 4.78 is 1.93. The monoisotopic (exact) mass is 210 g/mol. The largest absolute Gasteiger partial charge is 0.398 e. The smallest absolute Gasteiger partial charge is 0.0992 e. The van der Waals surface area contributed by atoms with Crippen LogP contribution in [0.4, 0.5) is 5.69 Å². The number of anilines is 1. The summed E-state index contributed by atoms with van der Waals surface area (Å²) in [4.78, 5) is 8.40. The summed E-state index contributed by atoms with van der Waals surface area (Å²) in [6, 6.07) is 7.69. The topological polar surface area (TPSA) is 56.7 Å². The molecule has 0 spiro atoms. The Labute approximate surface area is 92.4 Å². The molecule has 2 N–H and O–H groups in total. The molecule has 0 aliphatic rings. The molecule has 2 aromatic heterocycles. The highest BCUT2D eigenvalue weighted by Gasteiger charge is 2.05. The van der Waals surface area contributed by atoms with Gasteiger partial charge in [-0.05, 0) is 24.3 Å². The first-order valence-electron chi connectivity index (χ1n) is 4.98. The molecule has 3 rings (SSSR count). The lowest BCUT2D eigenvalue weighted by atomic mass is 10.1. The summed E-state index contributed by atoms with van der Waals surface area (Å²) in [5, 5.41) is 0.966. The van der Waals surface area contributed by atoms with Gasteiger partial charge in [-0.15, -0.1) is 0 Å². The van der Waals surface area contributed by atoms with E-state index in [-0.39, 0.29) is 0 Å². The Bertz CT molecular complexity index is 629. The predicted molar refractivity (Wildman–Crippen MR) is 63.3 cm³/mol. The zero-order chi connectivity index (χ0) is 11.0. The third-order valence-electron chi connectivity index (χ3n) is 2.56. The Hall–Kier alpha value is -2.36. The number of pyridine rings is 1. The first kappa shape index (κ1) is 8.91. The first-order valence-corrected chi connectivity index (χ1v) is 4.98. The van der Waals surface area contributed by atoms with Crippen molar-refractivity contribution in [3.05, 3.63) is 49.2 Å². The van der Waals surface area contributed by atoms with Crippen molar-refractivity contribution >= 4 is 16.6 Å². The summed E-state index contributed by atoms with van der Waals surface area (Å²) in [6.07, 6.45) is 7.15. The molecule has 0 bridgehead atoms. The second kappa shape index (κ2) is 3.34. The molecule has 4 nitrogen and oxygen atoms in total. The summed E-state index contributed by atoms with van der Waals surface area (Å²) in [5.41, 5.74) is 8.53. The Morgan fingerprint density at radius 3 is 2.88 bits per heavy atom. The van der Waals surface area contributed by atoms with E-state index in [0.29, 0.717) is 0 Å². The average Bonchev–Trinajstić information content (AvgIpc) is 2.83. The van der Waals surface area contributed by atoms with Crippen molar-refractivity contribution in [3.8, 4) is 5.69 Å². The first-order chi connectivity index (χ1) is 7.86. The molecule has 0 radical (unpaired) electrons. The van der Waals surface area contributed by atoms with Crippen LogP contribution in [0.2, 0.25) is 0 Å². The van der Waals surface area contributed by atoms with Crippen molar-refractivity contribution < 1.29 is 0 Å². The minimum Gasteiger partial charge on any atom is -0.398 e. The van der Waals surface area contributed by atoms with Crippen LogP contribution in [0.25, 0.3) is 16.6 Å². The number of hydrogen-bond acceptors (Lipinski definition) is 3. The van der Waals surface area contributed by atoms with E-state index in [9.17, 15) is 0 Å². The van der Waals surface area contributed by atoms with Crippen LogP contribution in [0.1, 0.15) is 0 Å². The van der Waals surface area contributed by atoms with Gasteiger partial charge in [0.2, 0.25) is 0 Å². The maximum absolute atomic E-state index is 5.91. The van der Waals surface area contributed by atoms with E-state index in [1.165, 1.54) is 0 Å². The SMILES string of the molecule is Nc1ccc(-n2ccnc2)c2ncccc12. The van der Waals surface area contributed by atoms with Crippen LogP contribution in [-0.4, -0.2) is 14.5 Å². The van der Waals surface area contributed by atoms with Crippen molar-refractivity contribution in [2.24, 2.45) is 0 Å². The van der Waals surface area contributed by atoms with Gasteiger partial charge in [-0.3, -0.25) is 4.98 Å². The Kier molecular flexibility index (Phi) is 1.86. The lowest BCUT2D eigenvalue weighted by Gasteiger charge is -2.07. The Morgan fingerprint density at radius 2 is 2.06 bits per heavy atom. The van der Waals surface area contributed by atoms with Gasteiger partial charge in [-0.2, -0.15) is 0 Å². The molecule has 0 atom stereocenters. The van der Waals surface area contributed by atoms with E-state index in [0.717, 1.165) is 22.3 Å². The van der Waals surface area contributed by atoms with Crippen molar-refractivity contribution in [1.82, 2.24) is 14.5 Å². The Morgan fingerprint density at radius 1 is 1.12 bits per heavy atom. The highest BCUT2D eigenvalue weighted by atomic mass is 15.0. The Balaban J connectivity index is 2.39. The number of nitrogens with zero attached hydrogens (tertiary/aromatic N) is 3. The van der Waals surface area contributed by atoms with Gasteiger partial charge in [-0.1, -0.05) is 0 Å². The van der Waals surface area contributed by atoms with E-state index in [1.54, 1.807) is 18.7 Å². The third-order valence-corrected chi connectivity index (χ3v) is 2.56. The van der Waals surface area contributed by atoms with Gasteiger partial charge in [0, 0.05) is 29.7 Å². The van der Waals surface area contributed by atoms with Gasteiger partial charge in [0.05, 0.1) is 17.5 Å². The predicted octanol–water partition coefficient (Wildman–Crippen LogP) is 2.00. The molecule has 0 saturated carbocycles. The van der Waals surface area contributed by atoms with Crippen LogP contribution in [-0.2, 0) is 0 Å². The molecule has 0 aliphatic carbocycles. The second-order valence-corrected chi connectivity index (χ2v) is 3.54. The molecule has 0 amide bonds. The summed E-state index contributed by atoms with van der Waals surface area (Å²) in [7, 11) is 0. The van der Waals surface area contributed by atoms with E-state index in [4.69, 9.17) is 5.73 Å². The van der Waals surface area contributed by atoms with E-state index in [2.05, 4.69) is 9.97 Å². The van der Waals surface area contributed by atoms with Crippen LogP contribution in [0, 0.1) is 0 Å². The summed E-state index contributed by atoms with van der Waals surface area (Å²) >= 11 is 0. The molecule has 4 heteroatoms. The number of aromatic nitrogens is 3. The second-order valence-electron chi connectivity index (χ2n) is 3.54. The summed E-state index contributed by atoms with van der Waals surface area (Å²) in [6.45, 7) is 0. The van der Waals surface area contributed by atoms with Crippen LogP contribution < -0.4 is 5.73 Å². The van der Waals surface area contributed by atoms with Crippen LogP contribution in [0.3, 0.4) is 0 Å². The molecule has 3 aromatic rings. The molecule has 0 saturated heterocycles. The normalized spacial score (nSPS) is 10.8. The van der Waals surface area contributed by atoms with Crippen LogP contribution >= 0.6 is 0 Å². The van der Waals surface area contributed by atoms with Crippen LogP contribution in [0.5, 0.6) is 0 Å². The number of hydrogen-bond donors (Lipinski definition) is 1. The van der Waals surface area contributed by atoms with Crippen molar-refractivity contribution in [1.29, 1.82) is 0 Å². The average molecular weight is 210 g/mol. The molecule has 1 aromatic carbocycles. The zero-order valence-corrected chi connectivity index (χ0v) is 8.54. The van der Waals surface area contributed by atoms with E-state index < -0.39 is 0 Å². The van der Waals surface area contributed by atoms with Gasteiger partial charge in [0.15, 0.2) is 0 Å². The minimum absolute atomic E-state index is 0.743. The molecule has 0 fully saturated rings. The van der Waals surface area contributed by atoms with Gasteiger partial charge >= 0.3 is 0 Å². The molecule has 0 aliphatic heterocycles. The quantitative estimate of drug-likeness (QED) is 0.625. The number of nitrogen functional groups attached to an aromatic ring is 1. The van der Waals surface area contributed by atoms with Crippen molar-refractivity contribution in [3.63, 3.8) is 0 Å². The number of fused-ring (bicyclic) bond motifs is 1. The molecule has 0 unspecified atom stereocenters. The number of imidazole rings is 1. The highest BCUT2D eigenvalue weighted by Crippen LogP contribution is 2.24. The van der Waals surface area contributed by atoms with E-state index >= 15 is 0 Å². The highest BCUT2D eigenvalue weighted by molar-refractivity contribution is 5.95. The zero-order valence-electron chi connectivity index (χ0n) is 8.54. The molecule has 16 heavy (non-hydrogen) atoms. The standard InChI is InChI=1S/C12H10N4/c13-10-3-4-11(16-7-6-14-8-16)12-9(10)2-1-5-15-12/h1-8H,13H2. The van der Waals surface area contributed by atoms with Gasteiger partial charge in [-0.25, -0.2) is 4.98 Å². The number of nitrogens with two attached hydrogens (primary N) is 1. The maximum Gasteiger partial charge on any atom is 0.0992 e. The van der Waals surface area contributed by atoms with Gasteiger partial charge < -0.3 is 10.3 Å². The van der Waals surface area contributed by atoms with E-state index in [1.807, 2.05) is 35.0 Å². The van der Waals surface area contributed by atoms with Gasteiger partial charge in [0.1, 0.15) is 0 Å².